The van der Waals surface area contributed by atoms with Gasteiger partial charge in [-0.3, -0.25) is 4.90 Å². The van der Waals surface area contributed by atoms with Gasteiger partial charge in [-0.15, -0.1) is 0 Å². The summed E-state index contributed by atoms with van der Waals surface area (Å²) in [7, 11) is 0. The molecule has 0 aromatic heterocycles. The lowest BCUT2D eigenvalue weighted by Crippen LogP contribution is -2.43. The number of piperidine rings is 2. The van der Waals surface area contributed by atoms with Crippen LogP contribution >= 0.6 is 0 Å². The van der Waals surface area contributed by atoms with Crippen LogP contribution in [0.2, 0.25) is 0 Å². The van der Waals surface area contributed by atoms with Crippen LogP contribution in [0.1, 0.15) is 32.6 Å². The summed E-state index contributed by atoms with van der Waals surface area (Å²) in [6.07, 6.45) is 5.99. The first-order chi connectivity index (χ1) is 5.33. The van der Waals surface area contributed by atoms with E-state index < -0.39 is 0 Å². The second kappa shape index (κ2) is 1.82. The second-order valence-corrected chi connectivity index (χ2v) is 4.71. The highest BCUT2D eigenvalue weighted by Gasteiger charge is 2.65. The van der Waals surface area contributed by atoms with Gasteiger partial charge in [-0.2, -0.15) is 0 Å². The Balaban J connectivity index is 1.93. The zero-order chi connectivity index (χ0) is 7.47. The molecule has 2 aliphatic heterocycles. The fraction of sp³-hybridized carbons (Fsp3) is 1.00. The molecule has 1 aliphatic carbocycles. The lowest BCUT2D eigenvalue weighted by molar-refractivity contribution is 0.117. The van der Waals surface area contributed by atoms with Gasteiger partial charge in [-0.05, 0) is 57.5 Å². The van der Waals surface area contributed by atoms with E-state index in [-0.39, 0.29) is 0 Å². The fourth-order valence-electron chi connectivity index (χ4n) is 3.73. The third kappa shape index (κ3) is 0.618. The summed E-state index contributed by atoms with van der Waals surface area (Å²) in [6.45, 7) is 5.29. The molecule has 0 aromatic rings. The Bertz CT molecular complexity index is 171. The summed E-state index contributed by atoms with van der Waals surface area (Å²) < 4.78 is 0. The van der Waals surface area contributed by atoms with Crippen molar-refractivity contribution in [1.29, 1.82) is 0 Å². The molecular formula is C10H17N. The molecule has 0 radical (unpaired) electrons. The molecule has 3 rings (SSSR count). The molecule has 0 amide bonds. The number of nitrogens with zero attached hydrogens (tertiary/aromatic N) is 1. The molecule has 0 bridgehead atoms. The molecule has 1 nitrogen and oxygen atoms in total. The molecule has 3 fully saturated rings. The van der Waals surface area contributed by atoms with Crippen molar-refractivity contribution in [3.05, 3.63) is 0 Å². The molecule has 2 atom stereocenters. The SMILES string of the molecule is CC12C3CCCN1CCCC32. The Morgan fingerprint density at radius 1 is 1.09 bits per heavy atom. The molecular weight excluding hydrogens is 134 g/mol. The van der Waals surface area contributed by atoms with Crippen molar-refractivity contribution in [1.82, 2.24) is 4.90 Å². The standard InChI is InChI=1S/C10H17N/c1-10-8-4-2-6-11(10)7-3-5-9(8)10/h8-9H,2-7H2,1H3. The predicted molar refractivity (Wildman–Crippen MR) is 45.4 cm³/mol. The first-order valence-electron chi connectivity index (χ1n) is 5.08. The third-order valence-corrected chi connectivity index (χ3v) is 4.45. The van der Waals surface area contributed by atoms with Gasteiger partial charge in [0.1, 0.15) is 0 Å². The molecule has 1 heteroatoms. The first kappa shape index (κ1) is 6.47. The van der Waals surface area contributed by atoms with Crippen LogP contribution in [0.5, 0.6) is 0 Å². The van der Waals surface area contributed by atoms with E-state index in [1.807, 2.05) is 0 Å². The summed E-state index contributed by atoms with van der Waals surface area (Å²) in [5.41, 5.74) is 0.691. The Labute approximate surface area is 68.8 Å². The molecule has 1 saturated carbocycles. The highest BCUT2D eigenvalue weighted by molar-refractivity contribution is 5.19. The maximum atomic E-state index is 2.76. The summed E-state index contributed by atoms with van der Waals surface area (Å²) in [5.74, 6) is 2.19. The van der Waals surface area contributed by atoms with Crippen LogP contribution in [0.3, 0.4) is 0 Å². The minimum Gasteiger partial charge on any atom is -0.297 e. The highest BCUT2D eigenvalue weighted by atomic mass is 15.3. The van der Waals surface area contributed by atoms with Crippen molar-refractivity contribution in [3.63, 3.8) is 0 Å². The van der Waals surface area contributed by atoms with Crippen LogP contribution in [0, 0.1) is 11.8 Å². The number of hydrogen-bond acceptors (Lipinski definition) is 1. The van der Waals surface area contributed by atoms with Crippen molar-refractivity contribution in [3.8, 4) is 0 Å². The van der Waals surface area contributed by atoms with Gasteiger partial charge < -0.3 is 0 Å². The molecule has 62 valence electrons. The van der Waals surface area contributed by atoms with Crippen molar-refractivity contribution in [2.75, 3.05) is 13.1 Å². The molecule has 11 heavy (non-hydrogen) atoms. The first-order valence-corrected chi connectivity index (χ1v) is 5.08. The number of hydrogen-bond donors (Lipinski definition) is 0. The minimum atomic E-state index is 0.691. The van der Waals surface area contributed by atoms with Gasteiger partial charge in [0.25, 0.3) is 0 Å². The summed E-state index contributed by atoms with van der Waals surface area (Å²) in [6, 6.07) is 0. The Morgan fingerprint density at radius 3 is 2.09 bits per heavy atom. The lowest BCUT2D eigenvalue weighted by atomic mass is 10.0. The van der Waals surface area contributed by atoms with Crippen molar-refractivity contribution in [2.45, 2.75) is 38.1 Å². The van der Waals surface area contributed by atoms with Crippen LogP contribution < -0.4 is 0 Å². The van der Waals surface area contributed by atoms with E-state index in [4.69, 9.17) is 0 Å². The van der Waals surface area contributed by atoms with Crippen molar-refractivity contribution in [2.24, 2.45) is 11.8 Å². The van der Waals surface area contributed by atoms with Gasteiger partial charge in [-0.25, -0.2) is 0 Å². The fourth-order valence-corrected chi connectivity index (χ4v) is 3.73. The van der Waals surface area contributed by atoms with E-state index in [9.17, 15) is 0 Å². The third-order valence-electron chi connectivity index (χ3n) is 4.45. The van der Waals surface area contributed by atoms with E-state index in [0.717, 1.165) is 11.8 Å². The Hall–Kier alpha value is -0.0400. The maximum absolute atomic E-state index is 2.76. The molecule has 0 aromatic carbocycles. The predicted octanol–water partition coefficient (Wildman–Crippen LogP) is 1.88. The average molecular weight is 151 g/mol. The molecule has 3 aliphatic rings. The monoisotopic (exact) mass is 151 g/mol. The smallest absolute Gasteiger partial charge is 0.0244 e. The van der Waals surface area contributed by atoms with Gasteiger partial charge in [0.05, 0.1) is 0 Å². The summed E-state index contributed by atoms with van der Waals surface area (Å²) >= 11 is 0. The molecule has 0 spiro atoms. The van der Waals surface area contributed by atoms with Crippen molar-refractivity contribution < 1.29 is 0 Å². The van der Waals surface area contributed by atoms with E-state index in [1.54, 1.807) is 0 Å². The Morgan fingerprint density at radius 2 is 1.64 bits per heavy atom. The van der Waals surface area contributed by atoms with Gasteiger partial charge in [0, 0.05) is 5.54 Å². The minimum absolute atomic E-state index is 0.691. The normalized spacial score (nSPS) is 55.4. The zero-order valence-corrected chi connectivity index (χ0v) is 7.34. The number of fused-ring (bicyclic) bond motifs is 1. The van der Waals surface area contributed by atoms with Gasteiger partial charge in [0.2, 0.25) is 0 Å². The maximum Gasteiger partial charge on any atom is 0.0244 e. The van der Waals surface area contributed by atoms with Crippen LogP contribution in [0.4, 0.5) is 0 Å². The number of rotatable bonds is 0. The quantitative estimate of drug-likeness (QED) is 0.511. The van der Waals surface area contributed by atoms with Gasteiger partial charge >= 0.3 is 0 Å². The van der Waals surface area contributed by atoms with E-state index in [0.29, 0.717) is 5.54 Å². The largest absolute Gasteiger partial charge is 0.297 e. The van der Waals surface area contributed by atoms with Crippen LogP contribution in [-0.4, -0.2) is 23.5 Å². The second-order valence-electron chi connectivity index (χ2n) is 4.71. The van der Waals surface area contributed by atoms with Gasteiger partial charge in [-0.1, -0.05) is 0 Å². The van der Waals surface area contributed by atoms with E-state index in [1.165, 1.54) is 38.8 Å². The summed E-state index contributed by atoms with van der Waals surface area (Å²) in [5, 5.41) is 0. The van der Waals surface area contributed by atoms with E-state index in [2.05, 4.69) is 11.8 Å². The van der Waals surface area contributed by atoms with Crippen molar-refractivity contribution >= 4 is 0 Å². The van der Waals surface area contributed by atoms with E-state index >= 15 is 0 Å². The molecule has 2 saturated heterocycles. The average Bonchev–Trinajstić information content (AvgIpc) is 2.63. The zero-order valence-electron chi connectivity index (χ0n) is 7.34. The van der Waals surface area contributed by atoms with Crippen LogP contribution in [0.15, 0.2) is 0 Å². The lowest BCUT2D eigenvalue weighted by Gasteiger charge is -2.36. The van der Waals surface area contributed by atoms with Gasteiger partial charge in [0.15, 0.2) is 0 Å². The topological polar surface area (TPSA) is 3.24 Å². The summed E-state index contributed by atoms with van der Waals surface area (Å²) in [4.78, 5) is 2.76. The molecule has 0 N–H and O–H groups in total. The molecule has 2 unspecified atom stereocenters. The Kier molecular flexibility index (Phi) is 1.07. The van der Waals surface area contributed by atoms with Crippen LogP contribution in [-0.2, 0) is 0 Å². The molecule has 2 heterocycles. The van der Waals surface area contributed by atoms with Crippen LogP contribution in [0.25, 0.3) is 0 Å². The highest BCUT2D eigenvalue weighted by Crippen LogP contribution is 2.63.